The minimum atomic E-state index is 0.361. The third kappa shape index (κ3) is 3.44. The molecule has 0 unspecified atom stereocenters. The molecule has 0 rings (SSSR count). The zero-order chi connectivity index (χ0) is 8.15. The van der Waals surface area contributed by atoms with Crippen LogP contribution in [0.25, 0.3) is 0 Å². The fourth-order valence-electron chi connectivity index (χ4n) is 0.753. The van der Waals surface area contributed by atoms with E-state index >= 15 is 0 Å². The molecule has 0 aromatic rings. The Balaban J connectivity index is 4.18. The molecule has 0 aliphatic carbocycles. The standard InChI is InChI=1S/C9H16O/c1-7(2)5-9(6-10)8(3)4/h5-8H,1-4H3/b9-5-. The second-order valence-corrected chi connectivity index (χ2v) is 3.18. The third-order valence-electron chi connectivity index (χ3n) is 1.33. The van der Waals surface area contributed by atoms with Gasteiger partial charge in [-0.25, -0.2) is 0 Å². The van der Waals surface area contributed by atoms with Crippen molar-refractivity contribution in [1.82, 2.24) is 0 Å². The van der Waals surface area contributed by atoms with E-state index in [1.165, 1.54) is 0 Å². The van der Waals surface area contributed by atoms with Gasteiger partial charge in [0.1, 0.15) is 6.29 Å². The number of rotatable bonds is 3. The molecule has 0 aromatic heterocycles. The Labute approximate surface area is 63.1 Å². The molecule has 58 valence electrons. The van der Waals surface area contributed by atoms with Crippen molar-refractivity contribution in [3.8, 4) is 0 Å². The van der Waals surface area contributed by atoms with E-state index in [4.69, 9.17) is 0 Å². The molecular weight excluding hydrogens is 124 g/mol. The fraction of sp³-hybridized carbons (Fsp3) is 0.667. The molecule has 0 fully saturated rings. The van der Waals surface area contributed by atoms with Crippen LogP contribution in [-0.2, 0) is 4.79 Å². The SMILES string of the molecule is CC(C)/C=C(/C=O)C(C)C. The number of aldehydes is 1. The predicted octanol–water partition coefficient (Wildman–Crippen LogP) is 2.42. The van der Waals surface area contributed by atoms with Gasteiger partial charge in [-0.3, -0.25) is 4.79 Å². The van der Waals surface area contributed by atoms with Crippen molar-refractivity contribution in [3.63, 3.8) is 0 Å². The highest BCUT2D eigenvalue weighted by atomic mass is 16.1. The molecule has 0 heterocycles. The van der Waals surface area contributed by atoms with Crippen molar-refractivity contribution in [2.24, 2.45) is 11.8 Å². The highest BCUT2D eigenvalue weighted by Gasteiger charge is 2.00. The Kier molecular flexibility index (Phi) is 4.01. The molecule has 0 aliphatic rings. The first-order valence-electron chi connectivity index (χ1n) is 3.74. The highest BCUT2D eigenvalue weighted by molar-refractivity contribution is 5.73. The average Bonchev–Trinajstić information content (AvgIpc) is 1.81. The number of carbonyl (C=O) groups is 1. The van der Waals surface area contributed by atoms with Gasteiger partial charge >= 0.3 is 0 Å². The summed E-state index contributed by atoms with van der Waals surface area (Å²) in [6, 6.07) is 0. The van der Waals surface area contributed by atoms with E-state index < -0.39 is 0 Å². The number of carbonyl (C=O) groups excluding carboxylic acids is 1. The van der Waals surface area contributed by atoms with Crippen LogP contribution in [0.15, 0.2) is 11.6 Å². The molecule has 1 nitrogen and oxygen atoms in total. The quantitative estimate of drug-likeness (QED) is 0.434. The summed E-state index contributed by atoms with van der Waals surface area (Å²) in [6.07, 6.45) is 2.96. The molecule has 0 saturated heterocycles. The average molecular weight is 140 g/mol. The van der Waals surface area contributed by atoms with Crippen LogP contribution >= 0.6 is 0 Å². The maximum atomic E-state index is 10.4. The Hall–Kier alpha value is -0.590. The molecule has 0 aliphatic heterocycles. The molecule has 0 aromatic carbocycles. The van der Waals surface area contributed by atoms with E-state index in [-0.39, 0.29) is 0 Å². The molecule has 0 spiro atoms. The Bertz CT molecular complexity index is 132. The Morgan fingerprint density at radius 1 is 1.20 bits per heavy atom. The molecule has 0 saturated carbocycles. The minimum Gasteiger partial charge on any atom is -0.298 e. The maximum Gasteiger partial charge on any atom is 0.145 e. The lowest BCUT2D eigenvalue weighted by Gasteiger charge is -2.04. The van der Waals surface area contributed by atoms with Crippen LogP contribution in [-0.4, -0.2) is 6.29 Å². The Morgan fingerprint density at radius 3 is 1.80 bits per heavy atom. The summed E-state index contributed by atoms with van der Waals surface area (Å²) < 4.78 is 0. The molecule has 0 atom stereocenters. The summed E-state index contributed by atoms with van der Waals surface area (Å²) in [7, 11) is 0. The second kappa shape index (κ2) is 4.26. The zero-order valence-corrected chi connectivity index (χ0v) is 7.22. The summed E-state index contributed by atoms with van der Waals surface area (Å²) in [5, 5.41) is 0. The highest BCUT2D eigenvalue weighted by Crippen LogP contribution is 2.09. The smallest absolute Gasteiger partial charge is 0.145 e. The lowest BCUT2D eigenvalue weighted by Crippen LogP contribution is -1.97. The van der Waals surface area contributed by atoms with Gasteiger partial charge in [-0.1, -0.05) is 33.8 Å². The molecular formula is C9H16O. The first-order chi connectivity index (χ1) is 4.57. The molecule has 0 radical (unpaired) electrons. The van der Waals surface area contributed by atoms with E-state index in [2.05, 4.69) is 13.8 Å². The minimum absolute atomic E-state index is 0.361. The van der Waals surface area contributed by atoms with Gasteiger partial charge in [0.15, 0.2) is 0 Å². The lowest BCUT2D eigenvalue weighted by molar-refractivity contribution is -0.105. The molecule has 0 N–H and O–H groups in total. The summed E-state index contributed by atoms with van der Waals surface area (Å²) in [5.41, 5.74) is 0.912. The van der Waals surface area contributed by atoms with Crippen LogP contribution in [0.4, 0.5) is 0 Å². The van der Waals surface area contributed by atoms with Crippen molar-refractivity contribution < 1.29 is 4.79 Å². The van der Waals surface area contributed by atoms with Crippen LogP contribution in [0.1, 0.15) is 27.7 Å². The molecule has 0 bridgehead atoms. The predicted molar refractivity (Wildman–Crippen MR) is 43.8 cm³/mol. The van der Waals surface area contributed by atoms with Gasteiger partial charge in [-0.15, -0.1) is 0 Å². The van der Waals surface area contributed by atoms with E-state index in [1.807, 2.05) is 19.9 Å². The molecule has 0 amide bonds. The largest absolute Gasteiger partial charge is 0.298 e. The van der Waals surface area contributed by atoms with Gasteiger partial charge in [0.05, 0.1) is 0 Å². The van der Waals surface area contributed by atoms with Gasteiger partial charge < -0.3 is 0 Å². The van der Waals surface area contributed by atoms with Crippen molar-refractivity contribution >= 4 is 6.29 Å². The number of allylic oxidation sites excluding steroid dienone is 2. The summed E-state index contributed by atoms with van der Waals surface area (Å²) in [5.74, 6) is 0.836. The van der Waals surface area contributed by atoms with Crippen molar-refractivity contribution in [1.29, 1.82) is 0 Å². The number of hydrogen-bond acceptors (Lipinski definition) is 1. The second-order valence-electron chi connectivity index (χ2n) is 3.18. The van der Waals surface area contributed by atoms with E-state index in [1.54, 1.807) is 0 Å². The van der Waals surface area contributed by atoms with Crippen LogP contribution in [0.2, 0.25) is 0 Å². The third-order valence-corrected chi connectivity index (χ3v) is 1.33. The van der Waals surface area contributed by atoms with Crippen molar-refractivity contribution in [3.05, 3.63) is 11.6 Å². The van der Waals surface area contributed by atoms with Crippen LogP contribution in [0.3, 0.4) is 0 Å². The van der Waals surface area contributed by atoms with Crippen LogP contribution in [0.5, 0.6) is 0 Å². The summed E-state index contributed by atoms with van der Waals surface area (Å²) in [4.78, 5) is 10.4. The van der Waals surface area contributed by atoms with Gasteiger partial charge in [0.25, 0.3) is 0 Å². The normalized spacial score (nSPS) is 12.8. The van der Waals surface area contributed by atoms with Gasteiger partial charge in [0, 0.05) is 0 Å². The first-order valence-corrected chi connectivity index (χ1v) is 3.74. The topological polar surface area (TPSA) is 17.1 Å². The van der Waals surface area contributed by atoms with Crippen LogP contribution in [0, 0.1) is 11.8 Å². The van der Waals surface area contributed by atoms with Crippen molar-refractivity contribution in [2.75, 3.05) is 0 Å². The van der Waals surface area contributed by atoms with Crippen molar-refractivity contribution in [2.45, 2.75) is 27.7 Å². The monoisotopic (exact) mass is 140 g/mol. The van der Waals surface area contributed by atoms with E-state index in [0.29, 0.717) is 11.8 Å². The van der Waals surface area contributed by atoms with Crippen LogP contribution < -0.4 is 0 Å². The number of hydrogen-bond donors (Lipinski definition) is 0. The summed E-state index contributed by atoms with van der Waals surface area (Å²) >= 11 is 0. The maximum absolute atomic E-state index is 10.4. The zero-order valence-electron chi connectivity index (χ0n) is 7.22. The first kappa shape index (κ1) is 9.41. The van der Waals surface area contributed by atoms with Gasteiger partial charge in [-0.2, -0.15) is 0 Å². The van der Waals surface area contributed by atoms with E-state index in [9.17, 15) is 4.79 Å². The van der Waals surface area contributed by atoms with Gasteiger partial charge in [0.2, 0.25) is 0 Å². The summed E-state index contributed by atoms with van der Waals surface area (Å²) in [6.45, 7) is 8.21. The molecule has 10 heavy (non-hydrogen) atoms. The van der Waals surface area contributed by atoms with E-state index in [0.717, 1.165) is 11.9 Å². The Morgan fingerprint density at radius 2 is 1.70 bits per heavy atom. The fourth-order valence-corrected chi connectivity index (χ4v) is 0.753. The molecule has 1 heteroatoms. The lowest BCUT2D eigenvalue weighted by atomic mass is 10.0. The van der Waals surface area contributed by atoms with Gasteiger partial charge in [-0.05, 0) is 17.4 Å².